The van der Waals surface area contributed by atoms with Gasteiger partial charge in [-0.05, 0) is 29.4 Å². The van der Waals surface area contributed by atoms with Crippen LogP contribution in [0.15, 0.2) is 24.3 Å². The minimum absolute atomic E-state index is 0.207. The summed E-state index contributed by atoms with van der Waals surface area (Å²) in [5.74, 6) is 0.663. The lowest BCUT2D eigenvalue weighted by atomic mass is 9.81. The number of hydrogen-bond acceptors (Lipinski definition) is 1. The SMILES string of the molecule is CC12CCC(=O)C1c1ccccc1C2. The van der Waals surface area contributed by atoms with E-state index in [1.54, 1.807) is 0 Å². The van der Waals surface area contributed by atoms with E-state index >= 15 is 0 Å². The molecule has 2 aliphatic carbocycles. The molecule has 72 valence electrons. The van der Waals surface area contributed by atoms with E-state index in [1.165, 1.54) is 11.1 Å². The molecule has 1 nitrogen and oxygen atoms in total. The topological polar surface area (TPSA) is 17.1 Å². The minimum atomic E-state index is 0.207. The van der Waals surface area contributed by atoms with Crippen LogP contribution in [0.5, 0.6) is 0 Å². The maximum absolute atomic E-state index is 11.8. The number of hydrogen-bond donors (Lipinski definition) is 0. The van der Waals surface area contributed by atoms with Crippen LogP contribution in [0, 0.1) is 5.41 Å². The minimum Gasteiger partial charge on any atom is -0.299 e. The van der Waals surface area contributed by atoms with Crippen molar-refractivity contribution in [2.45, 2.75) is 32.1 Å². The second-order valence-corrected chi connectivity index (χ2v) is 4.93. The number of ketones is 1. The Morgan fingerprint density at radius 3 is 3.00 bits per heavy atom. The molecule has 0 aliphatic heterocycles. The van der Waals surface area contributed by atoms with Gasteiger partial charge in [0.2, 0.25) is 0 Å². The van der Waals surface area contributed by atoms with Crippen LogP contribution in [-0.4, -0.2) is 5.78 Å². The fraction of sp³-hybridized carbons (Fsp3) is 0.462. The normalized spacial score (nSPS) is 34.4. The van der Waals surface area contributed by atoms with E-state index in [-0.39, 0.29) is 11.3 Å². The first-order valence-corrected chi connectivity index (χ1v) is 5.31. The molecule has 3 rings (SSSR count). The van der Waals surface area contributed by atoms with Gasteiger partial charge in [-0.15, -0.1) is 0 Å². The van der Waals surface area contributed by atoms with Gasteiger partial charge in [-0.2, -0.15) is 0 Å². The summed E-state index contributed by atoms with van der Waals surface area (Å²) in [6, 6.07) is 8.44. The van der Waals surface area contributed by atoms with Gasteiger partial charge in [0.05, 0.1) is 0 Å². The van der Waals surface area contributed by atoms with Crippen molar-refractivity contribution in [1.29, 1.82) is 0 Å². The first-order valence-electron chi connectivity index (χ1n) is 5.31. The summed E-state index contributed by atoms with van der Waals surface area (Å²) in [5.41, 5.74) is 2.94. The number of Topliss-reactive ketones (excluding diaryl/α,β-unsaturated/α-hetero) is 1. The Labute approximate surface area is 84.1 Å². The molecule has 0 spiro atoms. The second kappa shape index (κ2) is 2.47. The van der Waals surface area contributed by atoms with Crippen molar-refractivity contribution in [2.75, 3.05) is 0 Å². The zero-order valence-electron chi connectivity index (χ0n) is 8.42. The van der Waals surface area contributed by atoms with Gasteiger partial charge >= 0.3 is 0 Å². The van der Waals surface area contributed by atoms with Crippen molar-refractivity contribution < 1.29 is 4.79 Å². The molecule has 0 N–H and O–H groups in total. The van der Waals surface area contributed by atoms with Crippen LogP contribution in [0.2, 0.25) is 0 Å². The van der Waals surface area contributed by atoms with Gasteiger partial charge in [-0.25, -0.2) is 0 Å². The number of rotatable bonds is 0. The molecular formula is C13H14O. The third-order valence-electron chi connectivity index (χ3n) is 3.92. The van der Waals surface area contributed by atoms with E-state index in [4.69, 9.17) is 0 Å². The molecule has 0 aromatic heterocycles. The van der Waals surface area contributed by atoms with E-state index in [1.807, 2.05) is 0 Å². The molecule has 2 aliphatic rings. The number of fused-ring (bicyclic) bond motifs is 3. The maximum atomic E-state index is 11.8. The van der Waals surface area contributed by atoms with Crippen LogP contribution in [0.3, 0.4) is 0 Å². The largest absolute Gasteiger partial charge is 0.299 e. The molecular weight excluding hydrogens is 172 g/mol. The zero-order valence-corrected chi connectivity index (χ0v) is 8.42. The van der Waals surface area contributed by atoms with Crippen molar-refractivity contribution in [3.05, 3.63) is 35.4 Å². The summed E-state index contributed by atoms with van der Waals surface area (Å²) in [7, 11) is 0. The van der Waals surface area contributed by atoms with Gasteiger partial charge in [0.15, 0.2) is 0 Å². The molecule has 1 heteroatoms. The molecule has 0 amide bonds. The van der Waals surface area contributed by atoms with E-state index in [9.17, 15) is 4.79 Å². The number of carbonyl (C=O) groups is 1. The van der Waals surface area contributed by atoms with E-state index in [2.05, 4.69) is 31.2 Å². The van der Waals surface area contributed by atoms with Crippen molar-refractivity contribution in [3.8, 4) is 0 Å². The van der Waals surface area contributed by atoms with E-state index < -0.39 is 0 Å². The molecule has 2 unspecified atom stereocenters. The fourth-order valence-electron chi connectivity index (χ4n) is 3.24. The molecule has 0 heterocycles. The monoisotopic (exact) mass is 186 g/mol. The van der Waals surface area contributed by atoms with Gasteiger partial charge in [-0.3, -0.25) is 4.79 Å². The van der Waals surface area contributed by atoms with Crippen LogP contribution < -0.4 is 0 Å². The fourth-order valence-corrected chi connectivity index (χ4v) is 3.24. The molecule has 1 aromatic rings. The Hall–Kier alpha value is -1.11. The Kier molecular flexibility index (Phi) is 1.45. The molecule has 0 bridgehead atoms. The summed E-state index contributed by atoms with van der Waals surface area (Å²) in [6.07, 6.45) is 2.96. The molecule has 0 radical (unpaired) electrons. The molecule has 1 saturated carbocycles. The van der Waals surface area contributed by atoms with Crippen molar-refractivity contribution in [2.24, 2.45) is 5.41 Å². The third kappa shape index (κ3) is 0.875. The van der Waals surface area contributed by atoms with Gasteiger partial charge in [0.25, 0.3) is 0 Å². The van der Waals surface area contributed by atoms with Gasteiger partial charge in [0.1, 0.15) is 5.78 Å². The summed E-state index contributed by atoms with van der Waals surface area (Å²) < 4.78 is 0. The highest BCUT2D eigenvalue weighted by Gasteiger charge is 2.50. The summed E-state index contributed by atoms with van der Waals surface area (Å²) in [4.78, 5) is 11.8. The standard InChI is InChI=1S/C13H14O/c1-13-7-6-11(14)12(13)10-5-3-2-4-9(10)8-13/h2-5,12H,6-8H2,1H3. The van der Waals surface area contributed by atoms with E-state index in [0.29, 0.717) is 5.78 Å². The van der Waals surface area contributed by atoms with Crippen LogP contribution in [-0.2, 0) is 11.2 Å². The Balaban J connectivity index is 2.18. The predicted octanol–water partition coefficient (Wildman–Crippen LogP) is 2.70. The van der Waals surface area contributed by atoms with Crippen molar-refractivity contribution in [1.82, 2.24) is 0 Å². The molecule has 1 fully saturated rings. The smallest absolute Gasteiger partial charge is 0.140 e. The average molecular weight is 186 g/mol. The van der Waals surface area contributed by atoms with Gasteiger partial charge in [-0.1, -0.05) is 31.2 Å². The van der Waals surface area contributed by atoms with Crippen LogP contribution in [0.25, 0.3) is 0 Å². The highest BCUT2D eigenvalue weighted by atomic mass is 16.1. The molecule has 14 heavy (non-hydrogen) atoms. The zero-order chi connectivity index (χ0) is 9.76. The van der Waals surface area contributed by atoms with Gasteiger partial charge < -0.3 is 0 Å². The quantitative estimate of drug-likeness (QED) is 0.609. The summed E-state index contributed by atoms with van der Waals surface area (Å²) in [5, 5.41) is 0. The summed E-state index contributed by atoms with van der Waals surface area (Å²) in [6.45, 7) is 2.27. The second-order valence-electron chi connectivity index (χ2n) is 4.93. The highest BCUT2D eigenvalue weighted by Crippen LogP contribution is 2.54. The predicted molar refractivity (Wildman–Crippen MR) is 55.2 cm³/mol. The van der Waals surface area contributed by atoms with Crippen molar-refractivity contribution in [3.63, 3.8) is 0 Å². The average Bonchev–Trinajstić information content (AvgIpc) is 2.60. The van der Waals surface area contributed by atoms with Gasteiger partial charge in [0, 0.05) is 12.3 Å². The van der Waals surface area contributed by atoms with Crippen LogP contribution >= 0.6 is 0 Å². The van der Waals surface area contributed by atoms with Crippen LogP contribution in [0.1, 0.15) is 36.8 Å². The molecule has 1 aromatic carbocycles. The Morgan fingerprint density at radius 2 is 2.14 bits per heavy atom. The Morgan fingerprint density at radius 1 is 1.36 bits per heavy atom. The van der Waals surface area contributed by atoms with Crippen LogP contribution in [0.4, 0.5) is 0 Å². The molecule has 0 saturated heterocycles. The van der Waals surface area contributed by atoms with E-state index in [0.717, 1.165) is 19.3 Å². The number of carbonyl (C=O) groups excluding carboxylic acids is 1. The lowest BCUT2D eigenvalue weighted by molar-refractivity contribution is -0.119. The molecule has 2 atom stereocenters. The lowest BCUT2D eigenvalue weighted by Gasteiger charge is -2.22. The maximum Gasteiger partial charge on any atom is 0.140 e. The summed E-state index contributed by atoms with van der Waals surface area (Å²) >= 11 is 0. The Bertz CT molecular complexity index is 407. The van der Waals surface area contributed by atoms with Crippen molar-refractivity contribution >= 4 is 5.78 Å². The number of benzene rings is 1. The highest BCUT2D eigenvalue weighted by molar-refractivity contribution is 5.90. The third-order valence-corrected chi connectivity index (χ3v) is 3.92. The lowest BCUT2D eigenvalue weighted by Crippen LogP contribution is -2.18. The first-order chi connectivity index (χ1) is 6.71. The first kappa shape index (κ1) is 8.22.